The SMILES string of the molecule is CSc1ncc2c(=O)n3c(nc2n1)c1c(OCC(=O)O)cccc1n3-c1ccccn1. The van der Waals surface area contributed by atoms with Crippen molar-refractivity contribution < 1.29 is 14.6 Å². The third-order valence-electron chi connectivity index (χ3n) is 4.64. The maximum Gasteiger partial charge on any atom is 0.341 e. The summed E-state index contributed by atoms with van der Waals surface area (Å²) in [5.41, 5.74) is 0.737. The molecule has 5 rings (SSSR count). The third-order valence-corrected chi connectivity index (χ3v) is 5.20. The van der Waals surface area contributed by atoms with Crippen LogP contribution in [0.25, 0.3) is 33.4 Å². The van der Waals surface area contributed by atoms with Crippen molar-refractivity contribution in [2.24, 2.45) is 0 Å². The van der Waals surface area contributed by atoms with E-state index in [0.29, 0.717) is 21.9 Å². The number of aliphatic carboxylic acids is 1. The molecule has 5 aromatic rings. The first kappa shape index (κ1) is 19.0. The Kier molecular flexibility index (Phi) is 4.51. The van der Waals surface area contributed by atoms with Gasteiger partial charge in [-0.15, -0.1) is 0 Å². The molecule has 0 unspecified atom stereocenters. The molecule has 31 heavy (non-hydrogen) atoms. The van der Waals surface area contributed by atoms with Crippen molar-refractivity contribution in [1.29, 1.82) is 0 Å². The quantitative estimate of drug-likeness (QED) is 0.327. The van der Waals surface area contributed by atoms with E-state index in [1.54, 1.807) is 47.3 Å². The zero-order valence-corrected chi connectivity index (χ0v) is 16.9. The molecule has 0 saturated carbocycles. The van der Waals surface area contributed by atoms with Crippen LogP contribution in [-0.4, -0.2) is 53.1 Å². The van der Waals surface area contributed by atoms with Gasteiger partial charge in [0.15, 0.2) is 28.9 Å². The van der Waals surface area contributed by atoms with Crippen LogP contribution in [0.1, 0.15) is 0 Å². The van der Waals surface area contributed by atoms with Crippen molar-refractivity contribution in [2.45, 2.75) is 5.16 Å². The number of hydrogen-bond donors (Lipinski definition) is 1. The zero-order chi connectivity index (χ0) is 21.5. The van der Waals surface area contributed by atoms with Crippen molar-refractivity contribution >= 4 is 45.3 Å². The van der Waals surface area contributed by atoms with Gasteiger partial charge in [0.25, 0.3) is 5.56 Å². The first-order valence-corrected chi connectivity index (χ1v) is 10.3. The Balaban J connectivity index is 1.96. The van der Waals surface area contributed by atoms with Gasteiger partial charge in [-0.2, -0.15) is 4.52 Å². The third kappa shape index (κ3) is 3.06. The van der Waals surface area contributed by atoms with Crippen molar-refractivity contribution in [1.82, 2.24) is 29.1 Å². The molecule has 0 bridgehead atoms. The molecule has 1 aromatic carbocycles. The van der Waals surface area contributed by atoms with Crippen LogP contribution in [-0.2, 0) is 4.79 Å². The second-order valence-electron chi connectivity index (χ2n) is 6.48. The van der Waals surface area contributed by atoms with Crippen molar-refractivity contribution in [3.63, 3.8) is 0 Å². The molecular weight excluding hydrogens is 420 g/mol. The van der Waals surface area contributed by atoms with Gasteiger partial charge >= 0.3 is 5.97 Å². The molecular formula is C20H14N6O4S. The van der Waals surface area contributed by atoms with E-state index in [0.717, 1.165) is 0 Å². The van der Waals surface area contributed by atoms with E-state index in [-0.39, 0.29) is 28.0 Å². The summed E-state index contributed by atoms with van der Waals surface area (Å²) in [4.78, 5) is 42.1. The minimum atomic E-state index is -1.11. The largest absolute Gasteiger partial charge is 0.481 e. The lowest BCUT2D eigenvalue weighted by atomic mass is 10.2. The molecule has 1 N–H and O–H groups in total. The van der Waals surface area contributed by atoms with Crippen molar-refractivity contribution in [3.05, 3.63) is 59.1 Å². The number of ether oxygens (including phenoxy) is 1. The van der Waals surface area contributed by atoms with Gasteiger partial charge < -0.3 is 9.84 Å². The summed E-state index contributed by atoms with van der Waals surface area (Å²) < 4.78 is 8.51. The Morgan fingerprint density at radius 3 is 2.77 bits per heavy atom. The summed E-state index contributed by atoms with van der Waals surface area (Å²) in [7, 11) is 0. The van der Waals surface area contributed by atoms with Crippen LogP contribution in [0.5, 0.6) is 5.75 Å². The number of carboxylic acids is 1. The Labute approximate surface area is 178 Å². The van der Waals surface area contributed by atoms with E-state index in [1.165, 1.54) is 22.5 Å². The molecule has 0 radical (unpaired) electrons. The number of carbonyl (C=O) groups is 1. The van der Waals surface area contributed by atoms with Crippen LogP contribution in [0.4, 0.5) is 0 Å². The molecule has 0 atom stereocenters. The standard InChI is InChI=1S/C20H14N6O4S/c1-31-20-22-9-11-17(24-20)23-18-16-12(5-4-6-13(16)30-10-15(27)28)25(26(18)19(11)29)14-7-2-3-8-21-14/h2-9H,10H2,1H3,(H,27,28). The fourth-order valence-electron chi connectivity index (χ4n) is 3.39. The van der Waals surface area contributed by atoms with Crippen LogP contribution < -0.4 is 10.3 Å². The molecule has 0 saturated heterocycles. The topological polar surface area (TPSA) is 125 Å². The molecule has 4 aromatic heterocycles. The van der Waals surface area contributed by atoms with E-state index in [1.807, 2.05) is 6.26 Å². The smallest absolute Gasteiger partial charge is 0.341 e. The molecule has 0 fully saturated rings. The number of aromatic nitrogens is 6. The van der Waals surface area contributed by atoms with Crippen molar-refractivity contribution in [2.75, 3.05) is 12.9 Å². The second kappa shape index (κ2) is 7.36. The van der Waals surface area contributed by atoms with E-state index in [9.17, 15) is 9.59 Å². The summed E-state index contributed by atoms with van der Waals surface area (Å²) in [5.74, 6) is -0.335. The molecule has 154 valence electrons. The minimum Gasteiger partial charge on any atom is -0.481 e. The summed E-state index contributed by atoms with van der Waals surface area (Å²) in [5, 5.41) is 10.3. The Hall–Kier alpha value is -3.99. The second-order valence-corrected chi connectivity index (χ2v) is 7.25. The van der Waals surface area contributed by atoms with Crippen molar-refractivity contribution in [3.8, 4) is 11.6 Å². The molecule has 0 aliphatic carbocycles. The molecule has 10 nitrogen and oxygen atoms in total. The van der Waals surface area contributed by atoms with Gasteiger partial charge in [0.2, 0.25) is 0 Å². The number of rotatable bonds is 5. The highest BCUT2D eigenvalue weighted by molar-refractivity contribution is 7.98. The predicted molar refractivity (Wildman–Crippen MR) is 114 cm³/mol. The lowest BCUT2D eigenvalue weighted by Gasteiger charge is -2.07. The average molecular weight is 434 g/mol. The van der Waals surface area contributed by atoms with E-state index in [4.69, 9.17) is 9.84 Å². The van der Waals surface area contributed by atoms with Crippen LogP contribution in [0.2, 0.25) is 0 Å². The number of fused-ring (bicyclic) bond motifs is 4. The summed E-state index contributed by atoms with van der Waals surface area (Å²) in [6.45, 7) is -0.531. The summed E-state index contributed by atoms with van der Waals surface area (Å²) in [6, 6.07) is 10.5. The lowest BCUT2D eigenvalue weighted by molar-refractivity contribution is -0.139. The first-order chi connectivity index (χ1) is 15.1. The van der Waals surface area contributed by atoms with Gasteiger partial charge in [0.05, 0.1) is 10.9 Å². The fraction of sp³-hybridized carbons (Fsp3) is 0.100. The highest BCUT2D eigenvalue weighted by Gasteiger charge is 2.21. The van der Waals surface area contributed by atoms with Crippen LogP contribution in [0.3, 0.4) is 0 Å². The van der Waals surface area contributed by atoms with Crippen LogP contribution >= 0.6 is 11.8 Å². The van der Waals surface area contributed by atoms with Gasteiger partial charge in [0, 0.05) is 12.4 Å². The number of nitrogens with zero attached hydrogens (tertiary/aromatic N) is 6. The number of carboxylic acid groups (broad SMARTS) is 1. The first-order valence-electron chi connectivity index (χ1n) is 9.11. The highest BCUT2D eigenvalue weighted by Crippen LogP contribution is 2.32. The molecule has 0 amide bonds. The van der Waals surface area contributed by atoms with Crippen LogP contribution in [0.15, 0.2) is 58.7 Å². The van der Waals surface area contributed by atoms with Gasteiger partial charge in [0.1, 0.15) is 11.1 Å². The number of hydrogen-bond acceptors (Lipinski definition) is 8. The van der Waals surface area contributed by atoms with Crippen LogP contribution in [0, 0.1) is 0 Å². The molecule has 0 aliphatic heterocycles. The summed E-state index contributed by atoms with van der Waals surface area (Å²) in [6.07, 6.45) is 4.90. The predicted octanol–water partition coefficient (Wildman–Crippen LogP) is 2.16. The number of pyridine rings is 1. The summed E-state index contributed by atoms with van der Waals surface area (Å²) >= 11 is 1.34. The zero-order valence-electron chi connectivity index (χ0n) is 16.1. The van der Waals surface area contributed by atoms with E-state index >= 15 is 0 Å². The average Bonchev–Trinajstić information content (AvgIpc) is 3.13. The fourth-order valence-corrected chi connectivity index (χ4v) is 3.73. The Morgan fingerprint density at radius 2 is 2.03 bits per heavy atom. The number of thioether (sulfide) groups is 1. The van der Waals surface area contributed by atoms with E-state index in [2.05, 4.69) is 19.9 Å². The highest BCUT2D eigenvalue weighted by atomic mass is 32.2. The Bertz CT molecular complexity index is 1530. The minimum absolute atomic E-state index is 0.248. The van der Waals surface area contributed by atoms with Gasteiger partial charge in [-0.25, -0.2) is 29.4 Å². The molecule has 11 heteroatoms. The Morgan fingerprint density at radius 1 is 1.16 bits per heavy atom. The van der Waals surface area contributed by atoms with Gasteiger partial charge in [-0.1, -0.05) is 23.9 Å². The number of benzene rings is 1. The molecule has 4 heterocycles. The van der Waals surface area contributed by atoms with E-state index < -0.39 is 12.6 Å². The van der Waals surface area contributed by atoms with Gasteiger partial charge in [-0.05, 0) is 30.5 Å². The van der Waals surface area contributed by atoms with Gasteiger partial charge in [-0.3, -0.25) is 4.79 Å². The molecule has 0 aliphatic rings. The molecule has 0 spiro atoms. The lowest BCUT2D eigenvalue weighted by Crippen LogP contribution is -2.22. The normalized spacial score (nSPS) is 11.4. The maximum atomic E-state index is 13.5. The monoisotopic (exact) mass is 434 g/mol. The maximum absolute atomic E-state index is 13.5.